The molecule has 0 heterocycles. The second-order valence-electron chi connectivity index (χ2n) is 2.68. The first-order valence-corrected chi connectivity index (χ1v) is 5.66. The summed E-state index contributed by atoms with van der Waals surface area (Å²) in [4.78, 5) is 0. The Bertz CT molecular complexity index is 245. The Kier molecular flexibility index (Phi) is 3.37. The summed E-state index contributed by atoms with van der Waals surface area (Å²) in [6.45, 7) is 4.31. The van der Waals surface area contributed by atoms with Gasteiger partial charge in [0.05, 0.1) is 0 Å². The van der Waals surface area contributed by atoms with Gasteiger partial charge in [-0.1, -0.05) is 28.1 Å². The maximum atomic E-state index is 3.45. The number of halogens is 2. The average molecular weight is 325 g/mol. The molecule has 0 unspecified atom stereocenters. The molecule has 0 aliphatic heterocycles. The third-order valence-electron chi connectivity index (χ3n) is 1.65. The van der Waals surface area contributed by atoms with E-state index in [1.54, 1.807) is 0 Å². The second kappa shape index (κ2) is 3.90. The van der Waals surface area contributed by atoms with Crippen LogP contribution in [0.15, 0.2) is 12.1 Å². The highest BCUT2D eigenvalue weighted by atomic mass is 127. The predicted molar refractivity (Wildman–Crippen MR) is 61.3 cm³/mol. The molecule has 0 aromatic heterocycles. The number of hydrogen-bond donors (Lipinski definition) is 0. The van der Waals surface area contributed by atoms with Crippen molar-refractivity contribution < 1.29 is 0 Å². The summed E-state index contributed by atoms with van der Waals surface area (Å²) in [7, 11) is 0. The molecule has 60 valence electrons. The van der Waals surface area contributed by atoms with Crippen molar-refractivity contribution in [1.29, 1.82) is 0 Å². The molecule has 1 rings (SSSR count). The molecule has 0 amide bonds. The Morgan fingerprint density at radius 1 is 1.27 bits per heavy atom. The third kappa shape index (κ3) is 2.18. The molecule has 2 heteroatoms. The van der Waals surface area contributed by atoms with Gasteiger partial charge in [-0.15, -0.1) is 0 Å². The van der Waals surface area contributed by atoms with Gasteiger partial charge in [0.15, 0.2) is 0 Å². The fourth-order valence-electron chi connectivity index (χ4n) is 1.11. The van der Waals surface area contributed by atoms with Gasteiger partial charge in [-0.2, -0.15) is 0 Å². The van der Waals surface area contributed by atoms with E-state index in [0.717, 1.165) is 5.33 Å². The molecule has 0 aliphatic carbocycles. The summed E-state index contributed by atoms with van der Waals surface area (Å²) in [6.07, 6.45) is 0. The van der Waals surface area contributed by atoms with Gasteiger partial charge >= 0.3 is 0 Å². The van der Waals surface area contributed by atoms with Gasteiger partial charge in [-0.05, 0) is 53.1 Å². The van der Waals surface area contributed by atoms with Crippen molar-refractivity contribution in [3.63, 3.8) is 0 Å². The third-order valence-corrected chi connectivity index (χ3v) is 4.00. The summed E-state index contributed by atoms with van der Waals surface area (Å²) in [6, 6.07) is 4.45. The minimum absolute atomic E-state index is 0.950. The highest BCUT2D eigenvalue weighted by Gasteiger charge is 2.00. The summed E-state index contributed by atoms with van der Waals surface area (Å²) in [5.74, 6) is 0. The summed E-state index contributed by atoms with van der Waals surface area (Å²) in [5, 5.41) is 0.950. The van der Waals surface area contributed by atoms with E-state index in [0.29, 0.717) is 0 Å². The van der Waals surface area contributed by atoms with E-state index in [2.05, 4.69) is 64.5 Å². The normalized spacial score (nSPS) is 10.2. The van der Waals surface area contributed by atoms with Gasteiger partial charge in [-0.3, -0.25) is 0 Å². The minimum atomic E-state index is 0.950. The Labute approximate surface area is 89.7 Å². The van der Waals surface area contributed by atoms with Crippen LogP contribution in [-0.2, 0) is 5.33 Å². The van der Waals surface area contributed by atoms with Gasteiger partial charge in [0.2, 0.25) is 0 Å². The minimum Gasteiger partial charge on any atom is -0.0876 e. The first-order chi connectivity index (χ1) is 5.15. The van der Waals surface area contributed by atoms with Crippen molar-refractivity contribution >= 4 is 38.5 Å². The molecule has 0 bridgehead atoms. The molecule has 1 aromatic carbocycles. The zero-order valence-corrected chi connectivity index (χ0v) is 10.4. The first-order valence-electron chi connectivity index (χ1n) is 3.46. The summed E-state index contributed by atoms with van der Waals surface area (Å²) < 4.78 is 1.38. The van der Waals surface area contributed by atoms with Crippen LogP contribution in [-0.4, -0.2) is 0 Å². The molecular formula is C9H10BrI. The fraction of sp³-hybridized carbons (Fsp3) is 0.333. The van der Waals surface area contributed by atoms with Crippen LogP contribution in [0.25, 0.3) is 0 Å². The maximum Gasteiger partial charge on any atom is 0.0283 e. The van der Waals surface area contributed by atoms with E-state index >= 15 is 0 Å². The molecular weight excluding hydrogens is 315 g/mol. The van der Waals surface area contributed by atoms with Crippen molar-refractivity contribution in [2.24, 2.45) is 0 Å². The van der Waals surface area contributed by atoms with Crippen molar-refractivity contribution in [3.8, 4) is 0 Å². The van der Waals surface area contributed by atoms with Crippen molar-refractivity contribution in [1.82, 2.24) is 0 Å². The number of rotatable bonds is 1. The van der Waals surface area contributed by atoms with Crippen LogP contribution in [0.2, 0.25) is 0 Å². The molecule has 0 saturated carbocycles. The van der Waals surface area contributed by atoms with Crippen molar-refractivity contribution in [3.05, 3.63) is 32.4 Å². The number of hydrogen-bond acceptors (Lipinski definition) is 0. The number of alkyl halides is 1. The molecule has 0 saturated heterocycles. The molecule has 0 spiro atoms. The maximum absolute atomic E-state index is 3.45. The number of benzene rings is 1. The Balaban J connectivity index is 3.21. The van der Waals surface area contributed by atoms with E-state index in [-0.39, 0.29) is 0 Å². The molecule has 1 aromatic rings. The molecule has 0 N–H and O–H groups in total. The van der Waals surface area contributed by atoms with Crippen LogP contribution in [0.5, 0.6) is 0 Å². The topological polar surface area (TPSA) is 0 Å². The van der Waals surface area contributed by atoms with Crippen LogP contribution in [0.4, 0.5) is 0 Å². The molecule has 0 aliphatic rings. The lowest BCUT2D eigenvalue weighted by molar-refractivity contribution is 1.28. The first kappa shape index (κ1) is 9.52. The van der Waals surface area contributed by atoms with Crippen LogP contribution in [0.1, 0.15) is 16.7 Å². The summed E-state index contributed by atoms with van der Waals surface area (Å²) >= 11 is 5.83. The van der Waals surface area contributed by atoms with Crippen LogP contribution >= 0.6 is 38.5 Å². The van der Waals surface area contributed by atoms with E-state index < -0.39 is 0 Å². The van der Waals surface area contributed by atoms with Gasteiger partial charge in [0, 0.05) is 8.90 Å². The molecule has 0 radical (unpaired) electrons. The molecule has 0 nitrogen and oxygen atoms in total. The second-order valence-corrected chi connectivity index (χ2v) is 4.32. The van der Waals surface area contributed by atoms with Gasteiger partial charge < -0.3 is 0 Å². The summed E-state index contributed by atoms with van der Waals surface area (Å²) in [5.41, 5.74) is 4.11. The lowest BCUT2D eigenvalue weighted by Crippen LogP contribution is -1.88. The van der Waals surface area contributed by atoms with Crippen molar-refractivity contribution in [2.45, 2.75) is 19.2 Å². The quantitative estimate of drug-likeness (QED) is 0.544. The molecule has 0 atom stereocenters. The Morgan fingerprint density at radius 3 is 2.09 bits per heavy atom. The van der Waals surface area contributed by atoms with Crippen LogP contribution in [0.3, 0.4) is 0 Å². The Morgan fingerprint density at radius 2 is 1.73 bits per heavy atom. The highest BCUT2D eigenvalue weighted by Crippen LogP contribution is 2.19. The lowest BCUT2D eigenvalue weighted by atomic mass is 10.1. The van der Waals surface area contributed by atoms with E-state index in [1.807, 2.05) is 0 Å². The van der Waals surface area contributed by atoms with E-state index in [9.17, 15) is 0 Å². The van der Waals surface area contributed by atoms with Crippen LogP contribution in [0, 0.1) is 17.4 Å². The van der Waals surface area contributed by atoms with Gasteiger partial charge in [0.25, 0.3) is 0 Å². The monoisotopic (exact) mass is 324 g/mol. The lowest BCUT2D eigenvalue weighted by Gasteiger charge is -2.04. The SMILES string of the molecule is Cc1cc(CBr)cc(C)c1I. The fourth-order valence-corrected chi connectivity index (χ4v) is 1.75. The Hall–Kier alpha value is 0.430. The predicted octanol–water partition coefficient (Wildman–Crippen LogP) is 3.80. The highest BCUT2D eigenvalue weighted by molar-refractivity contribution is 14.1. The standard InChI is InChI=1S/C9H10BrI/c1-6-3-8(5-10)4-7(2)9(6)11/h3-4H,5H2,1-2H3. The van der Waals surface area contributed by atoms with Gasteiger partial charge in [-0.25, -0.2) is 0 Å². The zero-order chi connectivity index (χ0) is 8.43. The largest absolute Gasteiger partial charge is 0.0876 e. The van der Waals surface area contributed by atoms with Gasteiger partial charge in [0.1, 0.15) is 0 Å². The van der Waals surface area contributed by atoms with E-state index in [4.69, 9.17) is 0 Å². The molecule has 11 heavy (non-hydrogen) atoms. The zero-order valence-electron chi connectivity index (χ0n) is 6.62. The smallest absolute Gasteiger partial charge is 0.0283 e. The molecule has 0 fully saturated rings. The van der Waals surface area contributed by atoms with E-state index in [1.165, 1.54) is 20.3 Å². The van der Waals surface area contributed by atoms with Crippen LogP contribution < -0.4 is 0 Å². The average Bonchev–Trinajstić information content (AvgIpc) is 1.99. The van der Waals surface area contributed by atoms with Crippen molar-refractivity contribution in [2.75, 3.05) is 0 Å². The number of aryl methyl sites for hydroxylation is 2.